The highest BCUT2D eigenvalue weighted by Gasteiger charge is 2.31. The second-order valence-corrected chi connectivity index (χ2v) is 5.55. The van der Waals surface area contributed by atoms with Crippen molar-refractivity contribution < 1.29 is 19.8 Å². The highest BCUT2D eigenvalue weighted by molar-refractivity contribution is 5.82. The Balaban J connectivity index is 1.89. The van der Waals surface area contributed by atoms with Crippen LogP contribution in [0.15, 0.2) is 30.3 Å². The van der Waals surface area contributed by atoms with Crippen LogP contribution in [0.4, 0.5) is 0 Å². The van der Waals surface area contributed by atoms with Crippen LogP contribution in [-0.4, -0.2) is 28.6 Å². The summed E-state index contributed by atoms with van der Waals surface area (Å²) in [7, 11) is 0. The van der Waals surface area contributed by atoms with Crippen LogP contribution >= 0.6 is 0 Å². The first-order valence-electron chi connectivity index (χ1n) is 7.33. The summed E-state index contributed by atoms with van der Waals surface area (Å²) in [6.07, 6.45) is 2.17. The Labute approximate surface area is 124 Å². The summed E-state index contributed by atoms with van der Waals surface area (Å²) in [5, 5.41) is 21.8. The highest BCUT2D eigenvalue weighted by Crippen LogP contribution is 2.29. The van der Waals surface area contributed by atoms with E-state index in [4.69, 9.17) is 0 Å². The van der Waals surface area contributed by atoms with Crippen molar-refractivity contribution in [2.24, 2.45) is 11.8 Å². The number of carboxylic acid groups (broad SMARTS) is 1. The predicted molar refractivity (Wildman–Crippen MR) is 77.5 cm³/mol. The molecule has 0 bridgehead atoms. The molecule has 0 aromatic heterocycles. The molecule has 1 aromatic rings. The van der Waals surface area contributed by atoms with Gasteiger partial charge >= 0.3 is 5.97 Å². The van der Waals surface area contributed by atoms with Crippen molar-refractivity contribution in [1.29, 1.82) is 0 Å². The van der Waals surface area contributed by atoms with Gasteiger partial charge in [0.05, 0.1) is 5.92 Å². The number of amides is 1. The van der Waals surface area contributed by atoms with Gasteiger partial charge in [-0.2, -0.15) is 0 Å². The number of hydrogen-bond donors (Lipinski definition) is 3. The molecule has 1 amide bonds. The fourth-order valence-corrected chi connectivity index (χ4v) is 2.89. The third-order valence-corrected chi connectivity index (χ3v) is 4.13. The van der Waals surface area contributed by atoms with Crippen molar-refractivity contribution in [3.05, 3.63) is 35.9 Å². The Kier molecular flexibility index (Phi) is 5.33. The van der Waals surface area contributed by atoms with E-state index in [1.807, 2.05) is 6.07 Å². The van der Waals surface area contributed by atoms with E-state index in [0.29, 0.717) is 18.5 Å². The molecule has 1 saturated carbocycles. The Hall–Kier alpha value is -1.88. The van der Waals surface area contributed by atoms with Crippen LogP contribution in [0.5, 0.6) is 0 Å². The molecule has 0 spiro atoms. The lowest BCUT2D eigenvalue weighted by atomic mass is 9.79. The maximum atomic E-state index is 12.0. The maximum absolute atomic E-state index is 12.0. The summed E-state index contributed by atoms with van der Waals surface area (Å²) in [6, 6.07) is 8.70. The summed E-state index contributed by atoms with van der Waals surface area (Å²) in [5.41, 5.74) is 0.536. The number of carbonyl (C=O) groups excluding carboxylic acids is 1. The van der Waals surface area contributed by atoms with Crippen LogP contribution in [0.1, 0.15) is 37.4 Å². The first-order valence-corrected chi connectivity index (χ1v) is 7.33. The molecule has 3 atom stereocenters. The zero-order valence-electron chi connectivity index (χ0n) is 11.9. The number of aliphatic carboxylic acids is 1. The van der Waals surface area contributed by atoms with E-state index in [9.17, 15) is 19.8 Å². The molecule has 0 aliphatic heterocycles. The molecule has 5 heteroatoms. The van der Waals surface area contributed by atoms with Crippen molar-refractivity contribution in [2.75, 3.05) is 6.54 Å². The third-order valence-electron chi connectivity index (χ3n) is 4.13. The van der Waals surface area contributed by atoms with Crippen LogP contribution < -0.4 is 5.32 Å². The minimum atomic E-state index is -1.21. The van der Waals surface area contributed by atoms with Gasteiger partial charge in [-0.3, -0.25) is 9.59 Å². The van der Waals surface area contributed by atoms with Gasteiger partial charge in [-0.15, -0.1) is 0 Å². The number of benzene rings is 1. The number of rotatable bonds is 5. The molecule has 1 fully saturated rings. The lowest BCUT2D eigenvalue weighted by Gasteiger charge is -2.28. The molecule has 3 unspecified atom stereocenters. The van der Waals surface area contributed by atoms with Gasteiger partial charge in [0.2, 0.25) is 0 Å². The van der Waals surface area contributed by atoms with E-state index in [0.717, 1.165) is 19.3 Å². The fraction of sp³-hybridized carbons (Fsp3) is 0.500. The Morgan fingerprint density at radius 3 is 2.52 bits per heavy atom. The topological polar surface area (TPSA) is 86.6 Å². The van der Waals surface area contributed by atoms with E-state index in [2.05, 4.69) is 5.32 Å². The molecule has 5 nitrogen and oxygen atoms in total. The molecule has 0 radical (unpaired) electrons. The zero-order chi connectivity index (χ0) is 15.2. The lowest BCUT2D eigenvalue weighted by Crippen LogP contribution is -2.39. The van der Waals surface area contributed by atoms with Gasteiger partial charge in [0.25, 0.3) is 5.91 Å². The van der Waals surface area contributed by atoms with E-state index in [-0.39, 0.29) is 5.92 Å². The quantitative estimate of drug-likeness (QED) is 0.771. The number of nitrogens with one attached hydrogen (secondary N) is 1. The molecule has 2 rings (SSSR count). The molecular weight excluding hydrogens is 270 g/mol. The van der Waals surface area contributed by atoms with Crippen LogP contribution in [0.3, 0.4) is 0 Å². The molecule has 114 valence electrons. The van der Waals surface area contributed by atoms with Crippen molar-refractivity contribution in [2.45, 2.75) is 31.8 Å². The minimum absolute atomic E-state index is 0.0526. The van der Waals surface area contributed by atoms with E-state index in [1.165, 1.54) is 0 Å². The maximum Gasteiger partial charge on any atom is 0.306 e. The SMILES string of the molecule is O=C(NCC1CCCCC1C(=O)O)C(O)c1ccccc1. The Morgan fingerprint density at radius 1 is 1.19 bits per heavy atom. The number of hydrogen-bond acceptors (Lipinski definition) is 3. The van der Waals surface area contributed by atoms with Crippen LogP contribution in [0.2, 0.25) is 0 Å². The minimum Gasteiger partial charge on any atom is -0.481 e. The van der Waals surface area contributed by atoms with Crippen LogP contribution in [-0.2, 0) is 9.59 Å². The molecule has 1 aliphatic rings. The molecule has 0 heterocycles. The zero-order valence-corrected chi connectivity index (χ0v) is 11.9. The van der Waals surface area contributed by atoms with E-state index < -0.39 is 23.9 Å². The van der Waals surface area contributed by atoms with E-state index >= 15 is 0 Å². The molecule has 1 aromatic carbocycles. The summed E-state index contributed by atoms with van der Waals surface area (Å²) >= 11 is 0. The van der Waals surface area contributed by atoms with Gasteiger partial charge in [0.15, 0.2) is 6.10 Å². The molecular formula is C16H21NO4. The molecule has 3 N–H and O–H groups in total. The Bertz CT molecular complexity index is 488. The van der Waals surface area contributed by atoms with Crippen molar-refractivity contribution in [1.82, 2.24) is 5.32 Å². The predicted octanol–water partition coefficient (Wildman–Crippen LogP) is 1.73. The second-order valence-electron chi connectivity index (χ2n) is 5.55. The fourth-order valence-electron chi connectivity index (χ4n) is 2.89. The van der Waals surface area contributed by atoms with Gasteiger partial charge < -0.3 is 15.5 Å². The summed E-state index contributed by atoms with van der Waals surface area (Å²) in [6.45, 7) is 0.305. The lowest BCUT2D eigenvalue weighted by molar-refractivity contribution is -0.145. The van der Waals surface area contributed by atoms with Gasteiger partial charge in [-0.1, -0.05) is 43.2 Å². The molecule has 0 saturated heterocycles. The van der Waals surface area contributed by atoms with Crippen molar-refractivity contribution in [3.8, 4) is 0 Å². The number of carbonyl (C=O) groups is 2. The highest BCUT2D eigenvalue weighted by atomic mass is 16.4. The largest absolute Gasteiger partial charge is 0.481 e. The first kappa shape index (κ1) is 15.5. The Morgan fingerprint density at radius 2 is 1.86 bits per heavy atom. The van der Waals surface area contributed by atoms with Crippen LogP contribution in [0, 0.1) is 11.8 Å². The van der Waals surface area contributed by atoms with Crippen LogP contribution in [0.25, 0.3) is 0 Å². The molecule has 21 heavy (non-hydrogen) atoms. The van der Waals surface area contributed by atoms with Gasteiger partial charge in [-0.25, -0.2) is 0 Å². The first-order chi connectivity index (χ1) is 10.1. The number of aliphatic hydroxyl groups excluding tert-OH is 1. The van der Waals surface area contributed by atoms with E-state index in [1.54, 1.807) is 24.3 Å². The summed E-state index contributed by atoms with van der Waals surface area (Å²) in [4.78, 5) is 23.2. The smallest absolute Gasteiger partial charge is 0.306 e. The normalized spacial score (nSPS) is 23.3. The average Bonchev–Trinajstić information content (AvgIpc) is 2.52. The monoisotopic (exact) mass is 291 g/mol. The molecule has 1 aliphatic carbocycles. The van der Waals surface area contributed by atoms with Crippen molar-refractivity contribution in [3.63, 3.8) is 0 Å². The summed E-state index contributed by atoms with van der Waals surface area (Å²) in [5.74, 6) is -1.72. The van der Waals surface area contributed by atoms with Gasteiger partial charge in [0, 0.05) is 6.54 Å². The van der Waals surface area contributed by atoms with Gasteiger partial charge in [-0.05, 0) is 24.3 Å². The number of aliphatic hydroxyl groups is 1. The second kappa shape index (κ2) is 7.22. The third kappa shape index (κ3) is 4.04. The average molecular weight is 291 g/mol. The summed E-state index contributed by atoms with van der Waals surface area (Å²) < 4.78 is 0. The van der Waals surface area contributed by atoms with Gasteiger partial charge in [0.1, 0.15) is 0 Å². The van der Waals surface area contributed by atoms with Crippen molar-refractivity contribution >= 4 is 11.9 Å². The number of carboxylic acids is 1. The standard InChI is InChI=1S/C16H21NO4/c18-14(11-6-2-1-3-7-11)15(19)17-10-12-8-4-5-9-13(12)16(20)21/h1-3,6-7,12-14,18H,4-5,8-10H2,(H,17,19)(H,20,21).